The topological polar surface area (TPSA) is 46.6 Å². The van der Waals surface area contributed by atoms with Gasteiger partial charge < -0.3 is 9.64 Å². The van der Waals surface area contributed by atoms with Crippen molar-refractivity contribution in [2.75, 3.05) is 25.6 Å². The number of esters is 1. The lowest BCUT2D eigenvalue weighted by Crippen LogP contribution is -2.51. The number of anilines is 1. The van der Waals surface area contributed by atoms with Crippen LogP contribution in [0.15, 0.2) is 47.1 Å². The fourth-order valence-corrected chi connectivity index (χ4v) is 6.52. The van der Waals surface area contributed by atoms with E-state index in [1.807, 2.05) is 6.08 Å². The Kier molecular flexibility index (Phi) is 8.91. The van der Waals surface area contributed by atoms with Gasteiger partial charge >= 0.3 is 5.97 Å². The van der Waals surface area contributed by atoms with E-state index in [1.54, 1.807) is 0 Å². The lowest BCUT2D eigenvalue weighted by Gasteiger charge is -2.53. The number of allylic oxidation sites excluding steroid dienone is 4. The second-order valence-electron chi connectivity index (χ2n) is 9.91. The molecule has 0 radical (unpaired) electrons. The minimum Gasteiger partial charge on any atom is -0.465 e. The van der Waals surface area contributed by atoms with E-state index in [4.69, 9.17) is 4.74 Å². The van der Waals surface area contributed by atoms with Gasteiger partial charge in [-0.05, 0) is 85.8 Å². The van der Waals surface area contributed by atoms with Crippen LogP contribution in [-0.4, -0.2) is 32.5 Å². The zero-order chi connectivity index (χ0) is 21.0. The van der Waals surface area contributed by atoms with E-state index in [2.05, 4.69) is 50.2 Å². The summed E-state index contributed by atoms with van der Waals surface area (Å²) in [4.78, 5) is 27.2. The molecule has 182 valence electrons. The highest BCUT2D eigenvalue weighted by molar-refractivity contribution is 7.59. The molecule has 1 saturated heterocycles. The van der Waals surface area contributed by atoms with Gasteiger partial charge in [0.2, 0.25) is 0 Å². The van der Waals surface area contributed by atoms with E-state index < -0.39 is 5.41 Å². The van der Waals surface area contributed by atoms with Crippen LogP contribution >= 0.6 is 40.5 Å². The van der Waals surface area contributed by atoms with Crippen molar-refractivity contribution in [2.24, 2.45) is 17.3 Å². The van der Waals surface area contributed by atoms with Crippen molar-refractivity contribution < 1.29 is 14.3 Å². The Bertz CT molecular complexity index is 969. The molecule has 1 unspecified atom stereocenters. The summed E-state index contributed by atoms with van der Waals surface area (Å²) in [6.45, 7) is 2.68. The van der Waals surface area contributed by atoms with Gasteiger partial charge in [-0.1, -0.05) is 17.7 Å². The van der Waals surface area contributed by atoms with Crippen molar-refractivity contribution in [2.45, 2.75) is 51.4 Å². The molecule has 0 spiro atoms. The molecule has 0 bridgehead atoms. The molecule has 1 saturated carbocycles. The van der Waals surface area contributed by atoms with Crippen molar-refractivity contribution in [3.63, 3.8) is 0 Å². The lowest BCUT2D eigenvalue weighted by atomic mass is 9.51. The highest BCUT2D eigenvalue weighted by atomic mass is 32.1. The van der Waals surface area contributed by atoms with Crippen molar-refractivity contribution in [1.29, 1.82) is 0 Å². The van der Waals surface area contributed by atoms with Crippen LogP contribution in [0, 0.1) is 17.3 Å². The van der Waals surface area contributed by atoms with Gasteiger partial charge in [0.1, 0.15) is 0 Å². The predicted molar refractivity (Wildman–Crippen MR) is 149 cm³/mol. The molecule has 7 heteroatoms. The number of hydrogen-bond donors (Lipinski definition) is 0. The summed E-state index contributed by atoms with van der Waals surface area (Å²) in [6.07, 6.45) is 7.13. The molecule has 33 heavy (non-hydrogen) atoms. The van der Waals surface area contributed by atoms with Gasteiger partial charge in [-0.3, -0.25) is 9.59 Å². The third-order valence-electron chi connectivity index (χ3n) is 8.06. The summed E-state index contributed by atoms with van der Waals surface area (Å²) in [7, 11) is 4.11. The van der Waals surface area contributed by atoms with Crippen molar-refractivity contribution in [3.8, 4) is 0 Å². The van der Waals surface area contributed by atoms with Crippen LogP contribution in [0.3, 0.4) is 0 Å². The Balaban J connectivity index is 0.00000128. The van der Waals surface area contributed by atoms with Crippen LogP contribution in [-0.2, 0) is 14.3 Å². The van der Waals surface area contributed by atoms with E-state index in [9.17, 15) is 9.59 Å². The quantitative estimate of drug-likeness (QED) is 0.520. The van der Waals surface area contributed by atoms with Crippen LogP contribution in [0.25, 0.3) is 0 Å². The summed E-state index contributed by atoms with van der Waals surface area (Å²) in [5.74, 6) is 1.22. The molecular weight excluding hydrogens is 470 g/mol. The van der Waals surface area contributed by atoms with Gasteiger partial charge in [-0.15, -0.1) is 0 Å². The number of carbonyl (C=O) groups excluding carboxylic acids is 2. The number of hydrogen-bond acceptors (Lipinski definition) is 4. The molecule has 1 aromatic rings. The number of nitrogens with zero attached hydrogens (tertiary/aromatic N) is 1. The molecule has 0 amide bonds. The first-order chi connectivity index (χ1) is 14.4. The lowest BCUT2D eigenvalue weighted by molar-refractivity contribution is -0.172. The van der Waals surface area contributed by atoms with Gasteiger partial charge in [-0.2, -0.15) is 40.5 Å². The van der Waals surface area contributed by atoms with E-state index in [0.29, 0.717) is 24.9 Å². The Morgan fingerprint density at radius 1 is 0.970 bits per heavy atom. The third kappa shape index (κ3) is 4.65. The number of cyclic esters (lactones) is 1. The Hall–Kier alpha value is -1.31. The average Bonchev–Trinajstić information content (AvgIpc) is 2.73. The van der Waals surface area contributed by atoms with Gasteiger partial charge in [0.25, 0.3) is 0 Å². The highest BCUT2D eigenvalue weighted by Crippen LogP contribution is 2.60. The van der Waals surface area contributed by atoms with E-state index >= 15 is 0 Å². The molecular formula is C26H37NO3S3. The summed E-state index contributed by atoms with van der Waals surface area (Å²) >= 11 is 0. The molecule has 2 fully saturated rings. The number of fused-ring (bicyclic) bond motifs is 4. The number of ketones is 1. The number of benzene rings is 1. The number of ether oxygens (including phenoxy) is 1. The average molecular weight is 508 g/mol. The van der Waals surface area contributed by atoms with Crippen molar-refractivity contribution in [1.82, 2.24) is 0 Å². The van der Waals surface area contributed by atoms with Gasteiger partial charge in [0, 0.05) is 32.1 Å². The standard InChI is InChI=1S/C26H31NO3.3H2S/c1-26-15-22(16-4-7-18(8-5-16)27(2)3)24-20-11-9-19(28)14-17(20)6-10-21(24)23(26)12-13-30-25(26)29;;;/h4-5,7-8,14,21-23H,6,9-13,15H2,1-3H3;3*1H2/t21-,22?,23-,26-;;;/m0.../s1. The van der Waals surface area contributed by atoms with Gasteiger partial charge in [0.05, 0.1) is 12.0 Å². The molecule has 1 aromatic carbocycles. The molecule has 5 rings (SSSR count). The maximum absolute atomic E-state index is 13.0. The van der Waals surface area contributed by atoms with E-state index in [1.165, 1.54) is 28.0 Å². The zero-order valence-electron chi connectivity index (χ0n) is 19.7. The van der Waals surface area contributed by atoms with Crippen LogP contribution in [0.2, 0.25) is 0 Å². The van der Waals surface area contributed by atoms with Gasteiger partial charge in [-0.25, -0.2) is 0 Å². The summed E-state index contributed by atoms with van der Waals surface area (Å²) in [5, 5.41) is 0. The molecule has 3 aliphatic carbocycles. The minimum absolute atomic E-state index is 0. The molecule has 4 nitrogen and oxygen atoms in total. The predicted octanol–water partition coefficient (Wildman–Crippen LogP) is 5.14. The van der Waals surface area contributed by atoms with Crippen molar-refractivity contribution in [3.05, 3.63) is 52.6 Å². The fraction of sp³-hybridized carbons (Fsp3) is 0.538. The van der Waals surface area contributed by atoms with Crippen LogP contribution in [0.4, 0.5) is 5.69 Å². The van der Waals surface area contributed by atoms with E-state index in [0.717, 1.165) is 32.1 Å². The second kappa shape index (κ2) is 10.5. The zero-order valence-corrected chi connectivity index (χ0v) is 22.7. The van der Waals surface area contributed by atoms with Crippen LogP contribution < -0.4 is 4.90 Å². The summed E-state index contributed by atoms with van der Waals surface area (Å²) < 4.78 is 5.57. The highest BCUT2D eigenvalue weighted by Gasteiger charge is 2.56. The SMILES string of the molecule is CN(C)c1ccc(C2C[C@]3(C)C(=O)OCC[C@H]3[C@@H]3CCC4=CC(=O)CCC4=C23)cc1.S.S.S. The Morgan fingerprint density at radius 2 is 1.67 bits per heavy atom. The molecule has 4 aliphatic rings. The second-order valence-corrected chi connectivity index (χ2v) is 9.91. The molecule has 1 aliphatic heterocycles. The largest absolute Gasteiger partial charge is 0.465 e. The van der Waals surface area contributed by atoms with Crippen LogP contribution in [0.1, 0.15) is 56.9 Å². The maximum atomic E-state index is 13.0. The third-order valence-corrected chi connectivity index (χ3v) is 8.06. The maximum Gasteiger partial charge on any atom is 0.312 e. The van der Waals surface area contributed by atoms with Gasteiger partial charge in [0.15, 0.2) is 5.78 Å². The first-order valence-corrected chi connectivity index (χ1v) is 11.3. The Labute approximate surface area is 218 Å². The normalized spacial score (nSPS) is 30.2. The molecule has 4 atom stereocenters. The summed E-state index contributed by atoms with van der Waals surface area (Å²) in [5.41, 5.74) is 6.24. The summed E-state index contributed by atoms with van der Waals surface area (Å²) in [6, 6.07) is 8.81. The van der Waals surface area contributed by atoms with Crippen molar-refractivity contribution >= 4 is 57.9 Å². The minimum atomic E-state index is -0.427. The number of rotatable bonds is 2. The molecule has 0 N–H and O–H groups in total. The van der Waals surface area contributed by atoms with E-state index in [-0.39, 0.29) is 58.2 Å². The molecule has 0 aromatic heterocycles. The number of carbonyl (C=O) groups is 2. The molecule has 1 heterocycles. The Morgan fingerprint density at radius 3 is 2.33 bits per heavy atom. The first-order valence-electron chi connectivity index (χ1n) is 11.3. The monoisotopic (exact) mass is 507 g/mol. The fourth-order valence-electron chi connectivity index (χ4n) is 6.52. The van der Waals surface area contributed by atoms with Crippen LogP contribution in [0.5, 0.6) is 0 Å². The first kappa shape index (κ1) is 27.9. The smallest absolute Gasteiger partial charge is 0.312 e.